The quantitative estimate of drug-likeness (QED) is 0.747. The second-order valence-corrected chi connectivity index (χ2v) is 4.38. The van der Waals surface area contributed by atoms with Crippen LogP contribution in [0.3, 0.4) is 0 Å². The zero-order valence-corrected chi connectivity index (χ0v) is 10.9. The summed E-state index contributed by atoms with van der Waals surface area (Å²) in [7, 11) is 0. The van der Waals surface area contributed by atoms with Crippen LogP contribution in [0.15, 0.2) is 42.5 Å². The van der Waals surface area contributed by atoms with Gasteiger partial charge in [-0.05, 0) is 42.8 Å². The summed E-state index contributed by atoms with van der Waals surface area (Å²) in [6.45, 7) is 1.73. The minimum absolute atomic E-state index is 0.180. The Labute approximate surface area is 116 Å². The first-order valence-electron chi connectivity index (χ1n) is 5.99. The Morgan fingerprint density at radius 1 is 1.15 bits per heavy atom. The van der Waals surface area contributed by atoms with E-state index in [1.807, 2.05) is 0 Å². The lowest BCUT2D eigenvalue weighted by Gasteiger charge is -2.10. The number of nitrogens with one attached hydrogen (secondary N) is 1. The molecule has 102 valence electrons. The first kappa shape index (κ1) is 13.6. The lowest BCUT2D eigenvalue weighted by molar-refractivity contribution is 0.0696. The van der Waals surface area contributed by atoms with Gasteiger partial charge in [-0.25, -0.2) is 4.79 Å². The second-order valence-electron chi connectivity index (χ2n) is 4.38. The topological polar surface area (TPSA) is 92.4 Å². The molecule has 0 saturated carbocycles. The molecule has 5 nitrogen and oxygen atoms in total. The molecule has 5 heteroatoms. The third kappa shape index (κ3) is 2.77. The van der Waals surface area contributed by atoms with Gasteiger partial charge in [0.05, 0.1) is 11.1 Å². The van der Waals surface area contributed by atoms with Crippen LogP contribution in [-0.4, -0.2) is 17.0 Å². The number of anilines is 2. The minimum Gasteiger partial charge on any atom is -0.478 e. The van der Waals surface area contributed by atoms with Crippen LogP contribution in [0.2, 0.25) is 0 Å². The number of carbonyl (C=O) groups is 2. The number of hydrogen-bond donors (Lipinski definition) is 3. The average molecular weight is 270 g/mol. The summed E-state index contributed by atoms with van der Waals surface area (Å²) in [5.74, 6) is -1.33. The van der Waals surface area contributed by atoms with E-state index in [-0.39, 0.29) is 11.5 Å². The molecule has 0 aliphatic heterocycles. The Kier molecular flexibility index (Phi) is 3.70. The van der Waals surface area contributed by atoms with Crippen LogP contribution in [0, 0.1) is 6.92 Å². The van der Waals surface area contributed by atoms with Gasteiger partial charge in [-0.1, -0.05) is 12.1 Å². The molecule has 0 bridgehead atoms. The number of para-hydroxylation sites is 1. The van der Waals surface area contributed by atoms with Gasteiger partial charge in [-0.2, -0.15) is 0 Å². The number of aryl methyl sites for hydroxylation is 1. The molecule has 0 aliphatic rings. The van der Waals surface area contributed by atoms with Crippen molar-refractivity contribution in [1.29, 1.82) is 0 Å². The molecule has 2 aromatic carbocycles. The number of carbonyl (C=O) groups excluding carboxylic acids is 1. The van der Waals surface area contributed by atoms with Crippen molar-refractivity contribution in [2.75, 3.05) is 11.1 Å². The third-order valence-electron chi connectivity index (χ3n) is 2.93. The fourth-order valence-corrected chi connectivity index (χ4v) is 1.83. The predicted octanol–water partition coefficient (Wildman–Crippen LogP) is 2.53. The Morgan fingerprint density at radius 3 is 2.45 bits per heavy atom. The molecule has 4 N–H and O–H groups in total. The van der Waals surface area contributed by atoms with Gasteiger partial charge in [0.25, 0.3) is 5.91 Å². The van der Waals surface area contributed by atoms with Gasteiger partial charge in [0, 0.05) is 11.4 Å². The summed E-state index contributed by atoms with van der Waals surface area (Å²) in [5, 5.41) is 11.6. The number of nitrogens with two attached hydrogens (primary N) is 1. The van der Waals surface area contributed by atoms with Crippen molar-refractivity contribution in [1.82, 2.24) is 0 Å². The van der Waals surface area contributed by atoms with Gasteiger partial charge >= 0.3 is 5.97 Å². The second kappa shape index (κ2) is 5.44. The molecule has 2 aromatic rings. The van der Waals surface area contributed by atoms with E-state index >= 15 is 0 Å². The van der Waals surface area contributed by atoms with Crippen molar-refractivity contribution in [2.24, 2.45) is 0 Å². The highest BCUT2D eigenvalue weighted by atomic mass is 16.4. The minimum atomic E-state index is -1.00. The summed E-state index contributed by atoms with van der Waals surface area (Å²) in [4.78, 5) is 22.9. The first-order valence-corrected chi connectivity index (χ1v) is 5.99. The smallest absolute Gasteiger partial charge is 0.335 e. The van der Waals surface area contributed by atoms with Crippen molar-refractivity contribution >= 4 is 23.3 Å². The standard InChI is InChI=1S/C15H14N2O3/c1-9-8-10(15(19)20)6-7-13(9)17-14(18)11-4-2-3-5-12(11)16/h2-8H,16H2,1H3,(H,17,18)(H,19,20). The normalized spacial score (nSPS) is 10.1. The summed E-state index contributed by atoms with van der Waals surface area (Å²) < 4.78 is 0. The largest absolute Gasteiger partial charge is 0.478 e. The molecule has 0 spiro atoms. The molecule has 1 amide bonds. The number of amides is 1. The number of carboxylic acid groups (broad SMARTS) is 1. The van der Waals surface area contributed by atoms with Crippen molar-refractivity contribution in [2.45, 2.75) is 6.92 Å². The van der Waals surface area contributed by atoms with Crippen molar-refractivity contribution < 1.29 is 14.7 Å². The van der Waals surface area contributed by atoms with Gasteiger partial charge in [-0.15, -0.1) is 0 Å². The molecule has 0 fully saturated rings. The molecule has 2 rings (SSSR count). The van der Waals surface area contributed by atoms with E-state index in [0.29, 0.717) is 22.5 Å². The lowest BCUT2D eigenvalue weighted by Crippen LogP contribution is -2.14. The SMILES string of the molecule is Cc1cc(C(=O)O)ccc1NC(=O)c1ccccc1N. The van der Waals surface area contributed by atoms with Gasteiger partial charge in [0.15, 0.2) is 0 Å². The van der Waals surface area contributed by atoms with E-state index in [1.54, 1.807) is 37.3 Å². The first-order chi connectivity index (χ1) is 9.49. The third-order valence-corrected chi connectivity index (χ3v) is 2.93. The molecular weight excluding hydrogens is 256 g/mol. The molecule has 0 saturated heterocycles. The Bertz CT molecular complexity index is 681. The number of carboxylic acids is 1. The Balaban J connectivity index is 2.25. The molecular formula is C15H14N2O3. The van der Waals surface area contributed by atoms with Gasteiger partial charge in [0.1, 0.15) is 0 Å². The van der Waals surface area contributed by atoms with Crippen LogP contribution >= 0.6 is 0 Å². The highest BCUT2D eigenvalue weighted by Gasteiger charge is 2.11. The van der Waals surface area contributed by atoms with E-state index in [4.69, 9.17) is 10.8 Å². The molecule has 0 radical (unpaired) electrons. The number of nitrogen functional groups attached to an aromatic ring is 1. The summed E-state index contributed by atoms with van der Waals surface area (Å²) in [6.07, 6.45) is 0. The molecule has 0 atom stereocenters. The fourth-order valence-electron chi connectivity index (χ4n) is 1.83. The van der Waals surface area contributed by atoms with Crippen LogP contribution in [0.4, 0.5) is 11.4 Å². The van der Waals surface area contributed by atoms with E-state index in [2.05, 4.69) is 5.32 Å². The van der Waals surface area contributed by atoms with Crippen LogP contribution in [0.25, 0.3) is 0 Å². The van der Waals surface area contributed by atoms with Gasteiger partial charge < -0.3 is 16.2 Å². The zero-order valence-electron chi connectivity index (χ0n) is 10.9. The number of rotatable bonds is 3. The van der Waals surface area contributed by atoms with E-state index in [1.165, 1.54) is 12.1 Å². The predicted molar refractivity (Wildman–Crippen MR) is 76.9 cm³/mol. The maximum atomic E-state index is 12.1. The van der Waals surface area contributed by atoms with E-state index in [9.17, 15) is 9.59 Å². The zero-order chi connectivity index (χ0) is 14.7. The summed E-state index contributed by atoms with van der Waals surface area (Å²) in [5.41, 5.74) is 7.93. The lowest BCUT2D eigenvalue weighted by atomic mass is 10.1. The van der Waals surface area contributed by atoms with Gasteiger partial charge in [-0.3, -0.25) is 4.79 Å². The fraction of sp³-hybridized carbons (Fsp3) is 0.0667. The summed E-state index contributed by atoms with van der Waals surface area (Å²) in [6, 6.07) is 11.3. The van der Waals surface area contributed by atoms with Gasteiger partial charge in [0.2, 0.25) is 0 Å². The van der Waals surface area contributed by atoms with Crippen LogP contribution in [-0.2, 0) is 0 Å². The highest BCUT2D eigenvalue weighted by molar-refractivity contribution is 6.08. The van der Waals surface area contributed by atoms with Crippen LogP contribution < -0.4 is 11.1 Å². The van der Waals surface area contributed by atoms with E-state index < -0.39 is 5.97 Å². The molecule has 0 aliphatic carbocycles. The average Bonchev–Trinajstić information content (AvgIpc) is 2.41. The highest BCUT2D eigenvalue weighted by Crippen LogP contribution is 2.19. The molecule has 0 heterocycles. The Morgan fingerprint density at radius 2 is 1.85 bits per heavy atom. The van der Waals surface area contributed by atoms with E-state index in [0.717, 1.165) is 0 Å². The molecule has 0 unspecified atom stereocenters. The van der Waals surface area contributed by atoms with Crippen LogP contribution in [0.5, 0.6) is 0 Å². The van der Waals surface area contributed by atoms with Crippen molar-refractivity contribution in [3.8, 4) is 0 Å². The monoisotopic (exact) mass is 270 g/mol. The molecule has 20 heavy (non-hydrogen) atoms. The Hall–Kier alpha value is -2.82. The van der Waals surface area contributed by atoms with Crippen molar-refractivity contribution in [3.05, 3.63) is 59.2 Å². The number of hydrogen-bond acceptors (Lipinski definition) is 3. The summed E-state index contributed by atoms with van der Waals surface area (Å²) >= 11 is 0. The maximum Gasteiger partial charge on any atom is 0.335 e. The maximum absolute atomic E-state index is 12.1. The molecule has 0 aromatic heterocycles. The number of aromatic carboxylic acids is 1. The number of benzene rings is 2. The van der Waals surface area contributed by atoms with Crippen LogP contribution in [0.1, 0.15) is 26.3 Å². The van der Waals surface area contributed by atoms with Crippen molar-refractivity contribution in [3.63, 3.8) is 0 Å².